The highest BCUT2D eigenvalue weighted by Crippen LogP contribution is 2.31. The Morgan fingerprint density at radius 3 is 2.71 bits per heavy atom. The van der Waals surface area contributed by atoms with Crippen molar-refractivity contribution in [1.82, 2.24) is 10.2 Å². The van der Waals surface area contributed by atoms with E-state index in [-0.39, 0.29) is 11.8 Å². The lowest BCUT2D eigenvalue weighted by molar-refractivity contribution is 0.281. The van der Waals surface area contributed by atoms with Crippen molar-refractivity contribution in [2.24, 2.45) is 0 Å². The minimum atomic E-state index is -3.08. The van der Waals surface area contributed by atoms with Crippen molar-refractivity contribution in [3.8, 4) is 0 Å². The summed E-state index contributed by atoms with van der Waals surface area (Å²) in [5.74, 6) is 0.244. The molecule has 1 aliphatic rings. The van der Waals surface area contributed by atoms with Gasteiger partial charge >= 0.3 is 0 Å². The number of fused-ring (bicyclic) bond motifs is 1. The summed E-state index contributed by atoms with van der Waals surface area (Å²) in [5.41, 5.74) is 0.933. The van der Waals surface area contributed by atoms with E-state index in [0.717, 1.165) is 31.7 Å². The van der Waals surface area contributed by atoms with Crippen LogP contribution < -0.4 is 5.32 Å². The first kappa shape index (κ1) is 16.5. The second kappa shape index (κ2) is 7.38. The van der Waals surface area contributed by atoms with Crippen LogP contribution in [-0.4, -0.2) is 45.2 Å². The van der Waals surface area contributed by atoms with Gasteiger partial charge in [-0.05, 0) is 37.6 Å². The molecule has 0 aromatic heterocycles. The van der Waals surface area contributed by atoms with E-state index in [0.29, 0.717) is 11.3 Å². The van der Waals surface area contributed by atoms with Crippen molar-refractivity contribution in [3.63, 3.8) is 0 Å². The quantitative estimate of drug-likeness (QED) is 0.839. The maximum atomic E-state index is 12.1. The van der Waals surface area contributed by atoms with Gasteiger partial charge in [-0.3, -0.25) is 0 Å². The molecule has 5 heteroatoms. The summed E-state index contributed by atoms with van der Waals surface area (Å²) in [5, 5.41) is 3.53. The molecule has 0 radical (unpaired) electrons. The third-order valence-corrected chi connectivity index (χ3v) is 5.93. The summed E-state index contributed by atoms with van der Waals surface area (Å²) in [6.45, 7) is 8.46. The number of hydrogen-bond acceptors (Lipinski definition) is 4. The van der Waals surface area contributed by atoms with E-state index >= 15 is 0 Å². The maximum absolute atomic E-state index is 12.1. The molecule has 0 saturated heterocycles. The van der Waals surface area contributed by atoms with Gasteiger partial charge in [0.15, 0.2) is 9.84 Å². The molecule has 0 saturated carbocycles. The first-order valence-electron chi connectivity index (χ1n) is 7.86. The standard InChI is InChI=1S/C16H26N2O2S/c1-3-11-18(4-2)12-10-17-15-9-13-21(19,20)16-8-6-5-7-14(15)16/h5-8,15,17H,3-4,9-13H2,1-2H3. The lowest BCUT2D eigenvalue weighted by Gasteiger charge is -2.27. The summed E-state index contributed by atoms with van der Waals surface area (Å²) in [6, 6.07) is 7.55. The van der Waals surface area contributed by atoms with Crippen LogP contribution >= 0.6 is 0 Å². The third kappa shape index (κ3) is 4.05. The van der Waals surface area contributed by atoms with Gasteiger partial charge in [0.2, 0.25) is 0 Å². The van der Waals surface area contributed by atoms with Crippen LogP contribution in [0, 0.1) is 0 Å². The number of likely N-dealkylation sites (N-methyl/N-ethyl adjacent to an activating group) is 1. The van der Waals surface area contributed by atoms with E-state index < -0.39 is 9.84 Å². The number of nitrogens with zero attached hydrogens (tertiary/aromatic N) is 1. The van der Waals surface area contributed by atoms with Crippen molar-refractivity contribution < 1.29 is 8.42 Å². The summed E-state index contributed by atoms with van der Waals surface area (Å²) >= 11 is 0. The highest BCUT2D eigenvalue weighted by atomic mass is 32.2. The van der Waals surface area contributed by atoms with E-state index in [4.69, 9.17) is 0 Å². The molecule has 0 aliphatic carbocycles. The Balaban J connectivity index is 1.99. The Morgan fingerprint density at radius 2 is 2.00 bits per heavy atom. The van der Waals surface area contributed by atoms with Gasteiger partial charge in [0.25, 0.3) is 0 Å². The monoisotopic (exact) mass is 310 g/mol. The number of rotatable bonds is 7. The highest BCUT2D eigenvalue weighted by Gasteiger charge is 2.29. The zero-order valence-corrected chi connectivity index (χ0v) is 13.8. The summed E-state index contributed by atoms with van der Waals surface area (Å²) in [7, 11) is -3.08. The zero-order valence-electron chi connectivity index (χ0n) is 13.0. The minimum absolute atomic E-state index is 0.157. The molecule has 0 bridgehead atoms. The molecule has 1 atom stereocenters. The first-order chi connectivity index (χ1) is 10.1. The molecule has 1 N–H and O–H groups in total. The fourth-order valence-electron chi connectivity index (χ4n) is 2.94. The largest absolute Gasteiger partial charge is 0.309 e. The molecule has 4 nitrogen and oxygen atoms in total. The molecule has 1 aromatic rings. The van der Waals surface area contributed by atoms with Gasteiger partial charge in [-0.25, -0.2) is 8.42 Å². The van der Waals surface area contributed by atoms with Crippen molar-refractivity contribution in [2.75, 3.05) is 31.9 Å². The van der Waals surface area contributed by atoms with E-state index in [1.54, 1.807) is 12.1 Å². The number of hydrogen-bond donors (Lipinski definition) is 1. The van der Waals surface area contributed by atoms with Crippen LogP contribution in [0.2, 0.25) is 0 Å². The van der Waals surface area contributed by atoms with E-state index in [9.17, 15) is 8.42 Å². The van der Waals surface area contributed by atoms with Crippen molar-refractivity contribution in [1.29, 1.82) is 0 Å². The Hall–Kier alpha value is -0.910. The number of nitrogens with one attached hydrogen (secondary N) is 1. The second-order valence-corrected chi connectivity index (χ2v) is 7.66. The molecule has 0 spiro atoms. The normalized spacial score (nSPS) is 20.4. The average molecular weight is 310 g/mol. The predicted octanol–water partition coefficient (Wildman–Crippen LogP) is 2.23. The molecule has 0 fully saturated rings. The van der Waals surface area contributed by atoms with Crippen LogP contribution in [-0.2, 0) is 9.84 Å². The molecule has 21 heavy (non-hydrogen) atoms. The predicted molar refractivity (Wildman–Crippen MR) is 86.3 cm³/mol. The Kier molecular flexibility index (Phi) is 5.79. The van der Waals surface area contributed by atoms with Crippen LogP contribution in [0.15, 0.2) is 29.2 Å². The van der Waals surface area contributed by atoms with Crippen LogP contribution in [0.3, 0.4) is 0 Å². The zero-order chi connectivity index (χ0) is 15.3. The third-order valence-electron chi connectivity index (χ3n) is 4.11. The highest BCUT2D eigenvalue weighted by molar-refractivity contribution is 7.91. The molecular formula is C16H26N2O2S. The summed E-state index contributed by atoms with van der Waals surface area (Å²) < 4.78 is 24.2. The first-order valence-corrected chi connectivity index (χ1v) is 9.51. The van der Waals surface area contributed by atoms with Gasteiger partial charge in [0.1, 0.15) is 0 Å². The topological polar surface area (TPSA) is 49.4 Å². The van der Waals surface area contributed by atoms with Crippen molar-refractivity contribution >= 4 is 9.84 Å². The molecule has 1 unspecified atom stereocenters. The molecular weight excluding hydrogens is 284 g/mol. The van der Waals surface area contributed by atoms with Gasteiger partial charge in [0.05, 0.1) is 10.6 Å². The van der Waals surface area contributed by atoms with Gasteiger partial charge in [-0.1, -0.05) is 32.0 Å². The maximum Gasteiger partial charge on any atom is 0.178 e. The molecule has 1 heterocycles. The van der Waals surface area contributed by atoms with Crippen molar-refractivity contribution in [3.05, 3.63) is 29.8 Å². The fourth-order valence-corrected chi connectivity index (χ4v) is 4.56. The van der Waals surface area contributed by atoms with E-state index in [2.05, 4.69) is 24.1 Å². The van der Waals surface area contributed by atoms with Crippen LogP contribution in [0.4, 0.5) is 0 Å². The minimum Gasteiger partial charge on any atom is -0.309 e. The molecule has 118 valence electrons. The average Bonchev–Trinajstić information content (AvgIpc) is 2.49. The van der Waals surface area contributed by atoms with Crippen LogP contribution in [0.1, 0.15) is 38.3 Å². The van der Waals surface area contributed by atoms with Gasteiger partial charge < -0.3 is 10.2 Å². The van der Waals surface area contributed by atoms with E-state index in [1.165, 1.54) is 6.42 Å². The molecule has 1 aromatic carbocycles. The van der Waals surface area contributed by atoms with Gasteiger partial charge in [-0.2, -0.15) is 0 Å². The van der Waals surface area contributed by atoms with Crippen molar-refractivity contribution in [2.45, 2.75) is 37.6 Å². The number of benzene rings is 1. The van der Waals surface area contributed by atoms with Gasteiger partial charge in [-0.15, -0.1) is 0 Å². The summed E-state index contributed by atoms with van der Waals surface area (Å²) in [6.07, 6.45) is 1.83. The lowest BCUT2D eigenvalue weighted by atomic mass is 10.0. The smallest absolute Gasteiger partial charge is 0.178 e. The number of sulfone groups is 1. The second-order valence-electron chi connectivity index (χ2n) is 5.59. The van der Waals surface area contributed by atoms with Gasteiger partial charge in [0, 0.05) is 19.1 Å². The van der Waals surface area contributed by atoms with Crippen LogP contribution in [0.5, 0.6) is 0 Å². The SMILES string of the molecule is CCCN(CC)CCNC1CCS(=O)(=O)c2ccccc21. The lowest BCUT2D eigenvalue weighted by Crippen LogP contribution is -2.36. The van der Waals surface area contributed by atoms with E-state index in [1.807, 2.05) is 12.1 Å². The van der Waals surface area contributed by atoms with Crippen LogP contribution in [0.25, 0.3) is 0 Å². The molecule has 2 rings (SSSR count). The fraction of sp³-hybridized carbons (Fsp3) is 0.625. The molecule has 0 amide bonds. The molecule has 1 aliphatic heterocycles. The Labute approximate surface area is 128 Å². The Bertz CT molecular complexity index is 557. The Morgan fingerprint density at radius 1 is 1.24 bits per heavy atom. The summed E-state index contributed by atoms with van der Waals surface area (Å²) in [4.78, 5) is 2.92.